The zero-order valence-corrected chi connectivity index (χ0v) is 12.3. The van der Waals surface area contributed by atoms with Crippen LogP contribution in [0.5, 0.6) is 0 Å². The van der Waals surface area contributed by atoms with E-state index in [1.807, 2.05) is 6.92 Å². The summed E-state index contributed by atoms with van der Waals surface area (Å²) in [6.07, 6.45) is -4.14. The third-order valence-corrected chi connectivity index (χ3v) is 5.39. The Labute approximate surface area is 122 Å². The zero-order chi connectivity index (χ0) is 15.7. The van der Waals surface area contributed by atoms with Gasteiger partial charge in [-0.3, -0.25) is 0 Å². The molecular weight excluding hydrogens is 305 g/mol. The standard InChI is InChI=1S/C13H17F3N2O2S/c1-10-2-4-12(5-3-10)21(19,20)18-8-6-11(7-9-18)17-13(14,15)16/h2-5,11,17H,6-9H2,1H3. The molecule has 118 valence electrons. The van der Waals surface area contributed by atoms with Crippen molar-refractivity contribution in [2.24, 2.45) is 0 Å². The largest absolute Gasteiger partial charge is 0.457 e. The molecule has 21 heavy (non-hydrogen) atoms. The minimum absolute atomic E-state index is 0.0873. The minimum Gasteiger partial charge on any atom is -0.225 e. The van der Waals surface area contributed by atoms with Crippen LogP contribution in [0.15, 0.2) is 29.2 Å². The average Bonchev–Trinajstić information content (AvgIpc) is 2.38. The molecule has 1 heterocycles. The number of benzene rings is 1. The Kier molecular flexibility index (Phi) is 4.60. The number of nitrogens with zero attached hydrogens (tertiary/aromatic N) is 1. The van der Waals surface area contributed by atoms with Crippen molar-refractivity contribution < 1.29 is 21.6 Å². The fourth-order valence-corrected chi connectivity index (χ4v) is 3.80. The SMILES string of the molecule is Cc1ccc(S(=O)(=O)N2CCC(NC(F)(F)F)CC2)cc1. The fraction of sp³-hybridized carbons (Fsp3) is 0.538. The summed E-state index contributed by atoms with van der Waals surface area (Å²) in [7, 11) is -3.62. The molecule has 0 bridgehead atoms. The number of hydrogen-bond acceptors (Lipinski definition) is 3. The average molecular weight is 322 g/mol. The summed E-state index contributed by atoms with van der Waals surface area (Å²) in [6.45, 7) is 2.03. The Bertz CT molecular complexity index is 576. The second-order valence-electron chi connectivity index (χ2n) is 5.13. The first kappa shape index (κ1) is 16.3. The van der Waals surface area contributed by atoms with Gasteiger partial charge >= 0.3 is 6.30 Å². The quantitative estimate of drug-likeness (QED) is 0.869. The molecule has 1 saturated heterocycles. The van der Waals surface area contributed by atoms with Crippen LogP contribution < -0.4 is 5.32 Å². The summed E-state index contributed by atoms with van der Waals surface area (Å²) in [6, 6.07) is 5.71. The number of sulfonamides is 1. The Balaban J connectivity index is 2.03. The molecule has 1 fully saturated rings. The van der Waals surface area contributed by atoms with Crippen LogP contribution in [-0.4, -0.2) is 38.2 Å². The highest BCUT2D eigenvalue weighted by molar-refractivity contribution is 7.89. The van der Waals surface area contributed by atoms with Crippen LogP contribution in [0.25, 0.3) is 0 Å². The van der Waals surface area contributed by atoms with Gasteiger partial charge in [0, 0.05) is 19.1 Å². The van der Waals surface area contributed by atoms with Gasteiger partial charge in [0.15, 0.2) is 0 Å². The van der Waals surface area contributed by atoms with Crippen molar-refractivity contribution in [3.05, 3.63) is 29.8 Å². The third-order valence-electron chi connectivity index (χ3n) is 3.48. The third kappa shape index (κ3) is 4.18. The lowest BCUT2D eigenvalue weighted by atomic mass is 10.1. The van der Waals surface area contributed by atoms with Crippen molar-refractivity contribution in [3.8, 4) is 0 Å². The van der Waals surface area contributed by atoms with Crippen LogP contribution in [0.4, 0.5) is 13.2 Å². The van der Waals surface area contributed by atoms with Crippen LogP contribution in [-0.2, 0) is 10.0 Å². The highest BCUT2D eigenvalue weighted by atomic mass is 32.2. The second kappa shape index (κ2) is 5.94. The predicted molar refractivity (Wildman–Crippen MR) is 72.2 cm³/mol. The van der Waals surface area contributed by atoms with Gasteiger partial charge in [-0.1, -0.05) is 17.7 Å². The lowest BCUT2D eigenvalue weighted by Gasteiger charge is -2.32. The van der Waals surface area contributed by atoms with E-state index in [9.17, 15) is 21.6 Å². The molecule has 0 aromatic heterocycles. The lowest BCUT2D eigenvalue weighted by Crippen LogP contribution is -2.48. The number of piperidine rings is 1. The van der Waals surface area contributed by atoms with E-state index < -0.39 is 22.4 Å². The van der Waals surface area contributed by atoms with Gasteiger partial charge in [0.05, 0.1) is 4.90 Å². The summed E-state index contributed by atoms with van der Waals surface area (Å²) in [4.78, 5) is 0.176. The number of nitrogens with one attached hydrogen (secondary N) is 1. The highest BCUT2D eigenvalue weighted by Crippen LogP contribution is 2.23. The van der Waals surface area contributed by atoms with Gasteiger partial charge in [0.25, 0.3) is 0 Å². The minimum atomic E-state index is -4.43. The molecule has 0 unspecified atom stereocenters. The first-order valence-corrected chi connectivity index (χ1v) is 8.04. The second-order valence-corrected chi connectivity index (χ2v) is 7.07. The molecule has 0 aliphatic carbocycles. The molecule has 1 aromatic rings. The number of hydrogen-bond donors (Lipinski definition) is 1. The van der Waals surface area contributed by atoms with E-state index in [2.05, 4.69) is 0 Å². The topological polar surface area (TPSA) is 49.4 Å². The molecule has 0 radical (unpaired) electrons. The first-order valence-electron chi connectivity index (χ1n) is 6.60. The zero-order valence-electron chi connectivity index (χ0n) is 11.5. The van der Waals surface area contributed by atoms with E-state index >= 15 is 0 Å². The van der Waals surface area contributed by atoms with Crippen molar-refractivity contribution in [1.29, 1.82) is 0 Å². The maximum atomic E-state index is 12.4. The van der Waals surface area contributed by atoms with E-state index in [0.29, 0.717) is 0 Å². The van der Waals surface area contributed by atoms with Crippen molar-refractivity contribution in [2.45, 2.75) is 37.0 Å². The van der Waals surface area contributed by atoms with E-state index in [4.69, 9.17) is 0 Å². The Hall–Kier alpha value is -1.12. The van der Waals surface area contributed by atoms with E-state index in [1.165, 1.54) is 16.4 Å². The lowest BCUT2D eigenvalue weighted by molar-refractivity contribution is -0.166. The molecule has 2 rings (SSSR count). The van der Waals surface area contributed by atoms with Crippen molar-refractivity contribution in [2.75, 3.05) is 13.1 Å². The summed E-state index contributed by atoms with van der Waals surface area (Å²) >= 11 is 0. The van der Waals surface area contributed by atoms with Crippen LogP contribution >= 0.6 is 0 Å². The Morgan fingerprint density at radius 3 is 2.14 bits per heavy atom. The molecule has 1 aliphatic heterocycles. The van der Waals surface area contributed by atoms with Crippen molar-refractivity contribution in [1.82, 2.24) is 9.62 Å². The number of aryl methyl sites for hydroxylation is 1. The number of rotatable bonds is 3. The normalized spacial score (nSPS) is 18.9. The summed E-state index contributed by atoms with van der Waals surface area (Å²) in [5.41, 5.74) is 0.946. The van der Waals surface area contributed by atoms with Crippen LogP contribution in [0.1, 0.15) is 18.4 Å². The molecule has 1 aromatic carbocycles. The summed E-state index contributed by atoms with van der Waals surface area (Å²) in [5.74, 6) is 0. The molecule has 0 atom stereocenters. The van der Waals surface area contributed by atoms with Gasteiger partial charge in [-0.25, -0.2) is 13.7 Å². The molecule has 0 spiro atoms. The monoisotopic (exact) mass is 322 g/mol. The van der Waals surface area contributed by atoms with Crippen LogP contribution in [0.2, 0.25) is 0 Å². The molecule has 4 nitrogen and oxygen atoms in total. The Morgan fingerprint density at radius 1 is 1.14 bits per heavy atom. The predicted octanol–water partition coefficient (Wildman–Crippen LogP) is 2.26. The van der Waals surface area contributed by atoms with Crippen LogP contribution in [0.3, 0.4) is 0 Å². The van der Waals surface area contributed by atoms with Gasteiger partial charge in [0.1, 0.15) is 0 Å². The summed E-state index contributed by atoms with van der Waals surface area (Å²) < 4.78 is 62.7. The van der Waals surface area contributed by atoms with Gasteiger partial charge in [-0.15, -0.1) is 0 Å². The van der Waals surface area contributed by atoms with Gasteiger partial charge in [0.2, 0.25) is 10.0 Å². The maximum Gasteiger partial charge on any atom is 0.457 e. The number of halogens is 3. The smallest absolute Gasteiger partial charge is 0.225 e. The molecule has 0 amide bonds. The first-order chi connectivity index (χ1) is 9.68. The van der Waals surface area contributed by atoms with Crippen LogP contribution in [0, 0.1) is 6.92 Å². The van der Waals surface area contributed by atoms with Crippen molar-refractivity contribution in [3.63, 3.8) is 0 Å². The number of alkyl halides is 3. The van der Waals surface area contributed by atoms with E-state index in [-0.39, 0.29) is 30.8 Å². The van der Waals surface area contributed by atoms with Gasteiger partial charge < -0.3 is 0 Å². The molecule has 1 N–H and O–H groups in total. The molecule has 0 saturated carbocycles. The highest BCUT2D eigenvalue weighted by Gasteiger charge is 2.35. The van der Waals surface area contributed by atoms with Gasteiger partial charge in [-0.2, -0.15) is 17.5 Å². The van der Waals surface area contributed by atoms with E-state index in [1.54, 1.807) is 17.4 Å². The Morgan fingerprint density at radius 2 is 1.67 bits per heavy atom. The molecule has 1 aliphatic rings. The van der Waals surface area contributed by atoms with Gasteiger partial charge in [-0.05, 0) is 31.9 Å². The maximum absolute atomic E-state index is 12.4. The molecule has 8 heteroatoms. The van der Waals surface area contributed by atoms with Crippen molar-refractivity contribution >= 4 is 10.0 Å². The fourth-order valence-electron chi connectivity index (χ4n) is 2.33. The summed E-state index contributed by atoms with van der Waals surface area (Å²) in [5, 5.41) is 1.56. The molecular formula is C13H17F3N2O2S. The van der Waals surface area contributed by atoms with E-state index in [0.717, 1.165) is 5.56 Å².